The summed E-state index contributed by atoms with van der Waals surface area (Å²) in [6, 6.07) is 19.9. The Kier molecular flexibility index (Phi) is 7.64. The molecule has 0 fully saturated rings. The highest BCUT2D eigenvalue weighted by Gasteiger charge is 2.20. The molecular weight excluding hydrogens is 469 g/mol. The average molecular weight is 493 g/mol. The third kappa shape index (κ3) is 6.50. The van der Waals surface area contributed by atoms with Gasteiger partial charge < -0.3 is 23.9 Å². The number of aliphatic carboxylic acids is 1. The Bertz CT molecular complexity index is 1290. The molecule has 0 aliphatic carbocycles. The van der Waals surface area contributed by atoms with E-state index in [1.807, 2.05) is 36.2 Å². The van der Waals surface area contributed by atoms with E-state index >= 15 is 0 Å². The molecule has 186 valence electrons. The molecular formula is C26H24FN3O6. The number of aromatic nitrogens is 1. The monoisotopic (exact) mass is 493 g/mol. The number of amides is 1. The quantitative estimate of drug-likeness (QED) is 0.343. The molecule has 1 heterocycles. The lowest BCUT2D eigenvalue weighted by Crippen LogP contribution is -2.37. The number of hydrogen-bond donors (Lipinski definition) is 1. The first-order valence-electron chi connectivity index (χ1n) is 11.1. The standard InChI is InChI=1S/C26H24FN3O6/c1-29(25-28-22-4-2-3-5-23(22)36-25)14-15-34-20-10-6-18(7-11-20)16-30(17-24(31)32)26(33)35-21-12-8-19(27)9-13-21/h2-13H,14-17H2,1H3,(H,31,32). The highest BCUT2D eigenvalue weighted by molar-refractivity contribution is 5.78. The number of halogens is 1. The second-order valence-electron chi connectivity index (χ2n) is 7.95. The maximum atomic E-state index is 13.1. The predicted octanol–water partition coefficient (Wildman–Crippen LogP) is 4.57. The topological polar surface area (TPSA) is 105 Å². The number of hydrogen-bond acceptors (Lipinski definition) is 7. The van der Waals surface area contributed by atoms with Gasteiger partial charge in [0.1, 0.15) is 36.0 Å². The van der Waals surface area contributed by atoms with E-state index in [0.717, 1.165) is 22.5 Å². The summed E-state index contributed by atoms with van der Waals surface area (Å²) in [6.45, 7) is 0.368. The number of oxazole rings is 1. The molecule has 0 atom stereocenters. The largest absolute Gasteiger partial charge is 0.492 e. The minimum Gasteiger partial charge on any atom is -0.492 e. The van der Waals surface area contributed by atoms with Crippen LogP contribution >= 0.6 is 0 Å². The number of carbonyl (C=O) groups is 2. The summed E-state index contributed by atoms with van der Waals surface area (Å²) in [7, 11) is 1.86. The summed E-state index contributed by atoms with van der Waals surface area (Å²) in [6.07, 6.45) is -0.855. The third-order valence-corrected chi connectivity index (χ3v) is 5.20. The molecule has 4 rings (SSSR count). The molecule has 0 saturated carbocycles. The van der Waals surface area contributed by atoms with Gasteiger partial charge in [0.15, 0.2) is 5.58 Å². The first-order valence-corrected chi connectivity index (χ1v) is 11.1. The summed E-state index contributed by atoms with van der Waals surface area (Å²) in [5.41, 5.74) is 2.19. The highest BCUT2D eigenvalue weighted by Crippen LogP contribution is 2.21. The van der Waals surface area contributed by atoms with Gasteiger partial charge in [-0.25, -0.2) is 9.18 Å². The van der Waals surface area contributed by atoms with Crippen LogP contribution in [0.4, 0.5) is 15.2 Å². The fourth-order valence-corrected chi connectivity index (χ4v) is 3.35. The van der Waals surface area contributed by atoms with Crippen molar-refractivity contribution < 1.29 is 33.0 Å². The molecule has 0 aliphatic heterocycles. The van der Waals surface area contributed by atoms with Crippen LogP contribution in [0.2, 0.25) is 0 Å². The van der Waals surface area contributed by atoms with Crippen LogP contribution < -0.4 is 14.4 Å². The van der Waals surface area contributed by atoms with Crippen LogP contribution in [0.15, 0.2) is 77.2 Å². The molecule has 1 amide bonds. The van der Waals surface area contributed by atoms with Crippen molar-refractivity contribution >= 4 is 29.2 Å². The molecule has 1 aromatic heterocycles. The van der Waals surface area contributed by atoms with Gasteiger partial charge in [0.25, 0.3) is 6.01 Å². The molecule has 0 bridgehead atoms. The van der Waals surface area contributed by atoms with Crippen molar-refractivity contribution in [2.45, 2.75) is 6.54 Å². The van der Waals surface area contributed by atoms with E-state index in [1.165, 1.54) is 12.1 Å². The van der Waals surface area contributed by atoms with Gasteiger partial charge in [-0.3, -0.25) is 9.69 Å². The molecule has 0 radical (unpaired) electrons. The molecule has 0 spiro atoms. The van der Waals surface area contributed by atoms with Crippen molar-refractivity contribution in [3.8, 4) is 11.5 Å². The van der Waals surface area contributed by atoms with Crippen molar-refractivity contribution in [3.05, 3.63) is 84.2 Å². The van der Waals surface area contributed by atoms with E-state index in [0.29, 0.717) is 36.1 Å². The Morgan fingerprint density at radius 1 is 1.00 bits per heavy atom. The summed E-state index contributed by atoms with van der Waals surface area (Å²) < 4.78 is 29.8. The SMILES string of the molecule is CN(CCOc1ccc(CN(CC(=O)O)C(=O)Oc2ccc(F)cc2)cc1)c1nc2ccccc2o1. The van der Waals surface area contributed by atoms with Gasteiger partial charge in [-0.2, -0.15) is 4.98 Å². The van der Waals surface area contributed by atoms with E-state index < -0.39 is 24.4 Å². The van der Waals surface area contributed by atoms with Crippen LogP contribution in [0.5, 0.6) is 11.5 Å². The van der Waals surface area contributed by atoms with Crippen LogP contribution in [0.3, 0.4) is 0 Å². The van der Waals surface area contributed by atoms with E-state index in [4.69, 9.17) is 13.9 Å². The Labute approximate surface area is 206 Å². The van der Waals surface area contributed by atoms with Crippen LogP contribution in [0.25, 0.3) is 11.1 Å². The third-order valence-electron chi connectivity index (χ3n) is 5.20. The highest BCUT2D eigenvalue weighted by atomic mass is 19.1. The van der Waals surface area contributed by atoms with Gasteiger partial charge in [0, 0.05) is 13.6 Å². The second-order valence-corrected chi connectivity index (χ2v) is 7.95. The number of nitrogens with zero attached hydrogens (tertiary/aromatic N) is 3. The number of fused-ring (bicyclic) bond motifs is 1. The molecule has 4 aromatic rings. The summed E-state index contributed by atoms with van der Waals surface area (Å²) in [5.74, 6) is -0.932. The van der Waals surface area contributed by atoms with Crippen LogP contribution in [0.1, 0.15) is 5.56 Å². The van der Waals surface area contributed by atoms with Crippen molar-refractivity contribution in [2.75, 3.05) is 31.6 Å². The minimum atomic E-state index is -1.19. The van der Waals surface area contributed by atoms with Gasteiger partial charge in [-0.1, -0.05) is 24.3 Å². The Morgan fingerprint density at radius 2 is 1.69 bits per heavy atom. The number of carbonyl (C=O) groups excluding carboxylic acids is 1. The zero-order valence-corrected chi connectivity index (χ0v) is 19.5. The lowest BCUT2D eigenvalue weighted by atomic mass is 10.2. The molecule has 9 nitrogen and oxygen atoms in total. The van der Waals surface area contributed by atoms with Crippen molar-refractivity contribution in [1.29, 1.82) is 0 Å². The van der Waals surface area contributed by atoms with Crippen LogP contribution in [-0.4, -0.2) is 53.8 Å². The maximum Gasteiger partial charge on any atom is 0.416 e. The van der Waals surface area contributed by atoms with Crippen molar-refractivity contribution in [3.63, 3.8) is 0 Å². The van der Waals surface area contributed by atoms with Crippen molar-refractivity contribution in [1.82, 2.24) is 9.88 Å². The molecule has 0 saturated heterocycles. The number of para-hydroxylation sites is 2. The van der Waals surface area contributed by atoms with Gasteiger partial charge in [-0.15, -0.1) is 0 Å². The number of anilines is 1. The summed E-state index contributed by atoms with van der Waals surface area (Å²) in [5, 5.41) is 9.19. The van der Waals surface area contributed by atoms with E-state index in [2.05, 4.69) is 4.98 Å². The van der Waals surface area contributed by atoms with Gasteiger partial charge >= 0.3 is 12.1 Å². The molecule has 0 unspecified atom stereocenters. The number of likely N-dealkylation sites (N-methyl/N-ethyl adjacent to an activating group) is 1. The smallest absolute Gasteiger partial charge is 0.416 e. The zero-order chi connectivity index (χ0) is 25.5. The van der Waals surface area contributed by atoms with Crippen LogP contribution in [0, 0.1) is 5.82 Å². The number of carboxylic acids is 1. The van der Waals surface area contributed by atoms with Crippen molar-refractivity contribution in [2.24, 2.45) is 0 Å². The number of benzene rings is 3. The fraction of sp³-hybridized carbons (Fsp3) is 0.192. The van der Waals surface area contributed by atoms with E-state index in [-0.39, 0.29) is 12.3 Å². The summed E-state index contributed by atoms with van der Waals surface area (Å²) >= 11 is 0. The van der Waals surface area contributed by atoms with Gasteiger partial charge in [0.2, 0.25) is 0 Å². The number of carboxylic acid groups (broad SMARTS) is 1. The maximum absolute atomic E-state index is 13.1. The van der Waals surface area contributed by atoms with E-state index in [9.17, 15) is 19.1 Å². The Balaban J connectivity index is 1.30. The average Bonchev–Trinajstić information content (AvgIpc) is 3.30. The van der Waals surface area contributed by atoms with Gasteiger partial charge in [0.05, 0.1) is 6.54 Å². The van der Waals surface area contributed by atoms with E-state index in [1.54, 1.807) is 24.3 Å². The second kappa shape index (κ2) is 11.2. The minimum absolute atomic E-state index is 0.00701. The lowest BCUT2D eigenvalue weighted by Gasteiger charge is -2.20. The molecule has 36 heavy (non-hydrogen) atoms. The van der Waals surface area contributed by atoms with Crippen LogP contribution in [-0.2, 0) is 11.3 Å². The molecule has 10 heteroatoms. The number of rotatable bonds is 10. The first kappa shape index (κ1) is 24.5. The Morgan fingerprint density at radius 3 is 2.39 bits per heavy atom. The molecule has 1 N–H and O–H groups in total. The summed E-state index contributed by atoms with van der Waals surface area (Å²) in [4.78, 5) is 31.1. The zero-order valence-electron chi connectivity index (χ0n) is 19.5. The fourth-order valence-electron chi connectivity index (χ4n) is 3.35. The lowest BCUT2D eigenvalue weighted by molar-refractivity contribution is -0.138. The Hall–Kier alpha value is -4.60. The predicted molar refractivity (Wildman–Crippen MR) is 130 cm³/mol. The van der Waals surface area contributed by atoms with Gasteiger partial charge in [-0.05, 0) is 54.1 Å². The normalized spacial score (nSPS) is 10.7. The number of ether oxygens (including phenoxy) is 2. The first-order chi connectivity index (χ1) is 17.4. The molecule has 0 aliphatic rings. The molecule has 3 aromatic carbocycles.